The second-order valence-electron chi connectivity index (χ2n) is 6.36. The molecule has 2 N–H and O–H groups in total. The number of non-ortho nitro benzene ring substituents is 1. The standard InChI is InChI=1S/C21H17N3O5/c1-28-20-10-13(24(26)27)6-9-18(20)23-21(25)12-29-14-7-8-16-15-4-2-3-5-17(15)22-19(16)11-14/h2-11,22H,12H2,1H3,(H,23,25). The summed E-state index contributed by atoms with van der Waals surface area (Å²) >= 11 is 0. The minimum atomic E-state index is -0.530. The van der Waals surface area contributed by atoms with Crippen LogP contribution in [0.2, 0.25) is 0 Å². The third-order valence-corrected chi connectivity index (χ3v) is 4.52. The fraction of sp³-hybridized carbons (Fsp3) is 0.0952. The Morgan fingerprint density at radius 2 is 1.86 bits per heavy atom. The monoisotopic (exact) mass is 391 g/mol. The second kappa shape index (κ2) is 7.51. The molecule has 1 aromatic heterocycles. The Morgan fingerprint density at radius 1 is 1.07 bits per heavy atom. The zero-order valence-corrected chi connectivity index (χ0v) is 15.5. The zero-order valence-electron chi connectivity index (χ0n) is 15.5. The molecule has 0 aliphatic heterocycles. The smallest absolute Gasteiger partial charge is 0.273 e. The number of nitro benzene ring substituents is 1. The molecule has 4 rings (SSSR count). The summed E-state index contributed by atoms with van der Waals surface area (Å²) in [6.07, 6.45) is 0. The molecular weight excluding hydrogens is 374 g/mol. The molecule has 4 aromatic rings. The van der Waals surface area contributed by atoms with Crippen LogP contribution in [0, 0.1) is 10.1 Å². The first-order valence-electron chi connectivity index (χ1n) is 8.81. The number of anilines is 1. The highest BCUT2D eigenvalue weighted by Crippen LogP contribution is 2.30. The number of nitro groups is 1. The second-order valence-corrected chi connectivity index (χ2v) is 6.36. The molecule has 0 saturated carbocycles. The van der Waals surface area contributed by atoms with Crippen LogP contribution < -0.4 is 14.8 Å². The molecule has 0 aliphatic rings. The summed E-state index contributed by atoms with van der Waals surface area (Å²) in [5.74, 6) is 0.343. The highest BCUT2D eigenvalue weighted by Gasteiger charge is 2.14. The number of rotatable bonds is 6. The third kappa shape index (κ3) is 3.68. The first-order chi connectivity index (χ1) is 14.0. The Labute approximate surface area is 165 Å². The van der Waals surface area contributed by atoms with Crippen LogP contribution in [-0.4, -0.2) is 29.5 Å². The van der Waals surface area contributed by atoms with Crippen LogP contribution in [0.5, 0.6) is 11.5 Å². The van der Waals surface area contributed by atoms with Crippen LogP contribution in [0.15, 0.2) is 60.7 Å². The van der Waals surface area contributed by atoms with Crippen LogP contribution in [0.3, 0.4) is 0 Å². The number of carbonyl (C=O) groups is 1. The van der Waals surface area contributed by atoms with E-state index in [9.17, 15) is 14.9 Å². The fourth-order valence-corrected chi connectivity index (χ4v) is 3.16. The van der Waals surface area contributed by atoms with E-state index < -0.39 is 10.8 Å². The number of para-hydroxylation sites is 1. The first kappa shape index (κ1) is 18.3. The van der Waals surface area contributed by atoms with Crippen molar-refractivity contribution in [2.24, 2.45) is 0 Å². The molecule has 8 heteroatoms. The molecule has 0 radical (unpaired) electrons. The van der Waals surface area contributed by atoms with Gasteiger partial charge in [0.2, 0.25) is 0 Å². The van der Waals surface area contributed by atoms with Gasteiger partial charge in [-0.2, -0.15) is 0 Å². The van der Waals surface area contributed by atoms with Crippen LogP contribution >= 0.6 is 0 Å². The number of aromatic nitrogens is 1. The number of benzene rings is 3. The minimum Gasteiger partial charge on any atom is -0.494 e. The molecular formula is C21H17N3O5. The summed E-state index contributed by atoms with van der Waals surface area (Å²) in [5, 5.41) is 15.7. The van der Waals surface area contributed by atoms with Crippen LogP contribution in [0.1, 0.15) is 0 Å². The molecule has 1 amide bonds. The van der Waals surface area contributed by atoms with Crippen molar-refractivity contribution in [3.63, 3.8) is 0 Å². The summed E-state index contributed by atoms with van der Waals surface area (Å²) in [6.45, 7) is -0.216. The molecule has 0 unspecified atom stereocenters. The number of hydrogen-bond acceptors (Lipinski definition) is 5. The summed E-state index contributed by atoms with van der Waals surface area (Å²) in [5.41, 5.74) is 2.16. The number of amides is 1. The minimum absolute atomic E-state index is 0.122. The average molecular weight is 391 g/mol. The number of H-pyrrole nitrogens is 1. The van der Waals surface area contributed by atoms with Gasteiger partial charge in [0.25, 0.3) is 11.6 Å². The third-order valence-electron chi connectivity index (χ3n) is 4.52. The molecule has 0 bridgehead atoms. The van der Waals surface area contributed by atoms with Crippen molar-refractivity contribution in [3.05, 3.63) is 70.8 Å². The molecule has 8 nitrogen and oxygen atoms in total. The van der Waals surface area contributed by atoms with E-state index >= 15 is 0 Å². The van der Waals surface area contributed by atoms with E-state index in [1.54, 1.807) is 0 Å². The largest absolute Gasteiger partial charge is 0.494 e. The van der Waals surface area contributed by atoms with E-state index in [1.165, 1.54) is 25.3 Å². The van der Waals surface area contributed by atoms with Gasteiger partial charge in [-0.1, -0.05) is 18.2 Å². The average Bonchev–Trinajstić information content (AvgIpc) is 3.10. The summed E-state index contributed by atoms with van der Waals surface area (Å²) in [4.78, 5) is 25.9. The Hall–Kier alpha value is -4.07. The molecule has 0 aliphatic carbocycles. The highest BCUT2D eigenvalue weighted by molar-refractivity contribution is 6.07. The Morgan fingerprint density at radius 3 is 2.66 bits per heavy atom. The van der Waals surface area contributed by atoms with Gasteiger partial charge >= 0.3 is 0 Å². The van der Waals surface area contributed by atoms with Crippen molar-refractivity contribution >= 4 is 39.1 Å². The van der Waals surface area contributed by atoms with Crippen LogP contribution in [0.25, 0.3) is 21.8 Å². The number of aromatic amines is 1. The maximum absolute atomic E-state index is 12.2. The Balaban J connectivity index is 1.45. The number of nitrogens with zero attached hydrogens (tertiary/aromatic N) is 1. The lowest BCUT2D eigenvalue weighted by molar-refractivity contribution is -0.384. The highest BCUT2D eigenvalue weighted by atomic mass is 16.6. The molecule has 0 spiro atoms. The van der Waals surface area contributed by atoms with Crippen LogP contribution in [-0.2, 0) is 4.79 Å². The first-order valence-corrected chi connectivity index (χ1v) is 8.81. The molecule has 0 saturated heterocycles. The van der Waals surface area contributed by atoms with Gasteiger partial charge in [-0.3, -0.25) is 14.9 Å². The molecule has 3 aromatic carbocycles. The van der Waals surface area contributed by atoms with E-state index in [0.717, 1.165) is 21.8 Å². The Bertz CT molecular complexity index is 1230. The SMILES string of the molecule is COc1cc([N+](=O)[O-])ccc1NC(=O)COc1ccc2c(c1)[nH]c1ccccc12. The molecule has 0 atom stereocenters. The maximum Gasteiger partial charge on any atom is 0.273 e. The van der Waals surface area contributed by atoms with Gasteiger partial charge in [0.15, 0.2) is 6.61 Å². The van der Waals surface area contributed by atoms with E-state index in [-0.39, 0.29) is 18.0 Å². The van der Waals surface area contributed by atoms with Crippen molar-refractivity contribution in [2.75, 3.05) is 19.0 Å². The van der Waals surface area contributed by atoms with Crippen molar-refractivity contribution in [1.29, 1.82) is 0 Å². The lowest BCUT2D eigenvalue weighted by Gasteiger charge is -2.11. The van der Waals surface area contributed by atoms with Crippen molar-refractivity contribution in [2.45, 2.75) is 0 Å². The van der Waals surface area contributed by atoms with E-state index in [2.05, 4.69) is 10.3 Å². The van der Waals surface area contributed by atoms with Gasteiger partial charge in [-0.05, 0) is 24.3 Å². The van der Waals surface area contributed by atoms with Gasteiger partial charge < -0.3 is 19.8 Å². The summed E-state index contributed by atoms with van der Waals surface area (Å²) in [7, 11) is 1.38. The quantitative estimate of drug-likeness (QED) is 0.377. The van der Waals surface area contributed by atoms with Crippen molar-refractivity contribution in [3.8, 4) is 11.5 Å². The van der Waals surface area contributed by atoms with Crippen LogP contribution in [0.4, 0.5) is 11.4 Å². The number of fused-ring (bicyclic) bond motifs is 3. The topological polar surface area (TPSA) is 106 Å². The zero-order chi connectivity index (χ0) is 20.4. The molecule has 1 heterocycles. The number of nitrogens with one attached hydrogen (secondary N) is 2. The number of ether oxygens (including phenoxy) is 2. The normalized spacial score (nSPS) is 10.8. The predicted octanol–water partition coefficient (Wildman–Crippen LogP) is 4.26. The van der Waals surface area contributed by atoms with Gasteiger partial charge in [-0.25, -0.2) is 0 Å². The number of methoxy groups -OCH3 is 1. The fourth-order valence-electron chi connectivity index (χ4n) is 3.16. The molecule has 0 fully saturated rings. The van der Waals surface area contributed by atoms with E-state index in [1.807, 2.05) is 42.5 Å². The van der Waals surface area contributed by atoms with Gasteiger partial charge in [-0.15, -0.1) is 0 Å². The maximum atomic E-state index is 12.2. The van der Waals surface area contributed by atoms with Gasteiger partial charge in [0.05, 0.1) is 29.3 Å². The molecule has 146 valence electrons. The van der Waals surface area contributed by atoms with Gasteiger partial charge in [0.1, 0.15) is 11.5 Å². The van der Waals surface area contributed by atoms with Gasteiger partial charge in [0, 0.05) is 28.4 Å². The lowest BCUT2D eigenvalue weighted by atomic mass is 10.1. The summed E-state index contributed by atoms with van der Waals surface area (Å²) < 4.78 is 10.7. The van der Waals surface area contributed by atoms with E-state index in [4.69, 9.17) is 9.47 Å². The molecule has 29 heavy (non-hydrogen) atoms. The van der Waals surface area contributed by atoms with Crippen molar-refractivity contribution in [1.82, 2.24) is 4.98 Å². The van der Waals surface area contributed by atoms with E-state index in [0.29, 0.717) is 11.4 Å². The van der Waals surface area contributed by atoms with Crippen molar-refractivity contribution < 1.29 is 19.2 Å². The predicted molar refractivity (Wildman–Crippen MR) is 110 cm³/mol. The lowest BCUT2D eigenvalue weighted by Crippen LogP contribution is -2.20. The summed E-state index contributed by atoms with van der Waals surface area (Å²) in [6, 6.07) is 17.6. The number of carbonyl (C=O) groups excluding carboxylic acids is 1. The Kier molecular flexibility index (Phi) is 4.74. The number of hydrogen-bond donors (Lipinski definition) is 2.